The Morgan fingerprint density at radius 1 is 1.16 bits per heavy atom. The largest absolute Gasteiger partial charge is 0.465 e. The predicted octanol–water partition coefficient (Wildman–Crippen LogP) is 0.845. The fraction of sp³-hybridized carbons (Fsp3) is 0.619. The average molecular weight is 456 g/mol. The second kappa shape index (κ2) is 12.1. The van der Waals surface area contributed by atoms with Gasteiger partial charge in [-0.1, -0.05) is 26.0 Å². The third-order valence-electron chi connectivity index (χ3n) is 4.67. The molecule has 0 aromatic heterocycles. The number of morpholine rings is 1. The number of carbonyl (C=O) groups is 2. The minimum Gasteiger partial charge on any atom is -0.465 e. The van der Waals surface area contributed by atoms with Crippen molar-refractivity contribution in [1.29, 1.82) is 0 Å². The summed E-state index contributed by atoms with van der Waals surface area (Å²) in [5, 5.41) is 2.82. The number of rotatable bonds is 11. The lowest BCUT2D eigenvalue weighted by Gasteiger charge is -2.26. The van der Waals surface area contributed by atoms with Crippen molar-refractivity contribution in [2.24, 2.45) is 5.92 Å². The molecule has 174 valence electrons. The average Bonchev–Trinajstić information content (AvgIpc) is 2.73. The van der Waals surface area contributed by atoms with Gasteiger partial charge >= 0.3 is 5.97 Å². The quantitative estimate of drug-likeness (QED) is 0.493. The van der Waals surface area contributed by atoms with Gasteiger partial charge < -0.3 is 14.8 Å². The molecule has 1 fully saturated rings. The molecule has 0 aliphatic carbocycles. The predicted molar refractivity (Wildman–Crippen MR) is 116 cm³/mol. The Bertz CT molecular complexity index is 820. The normalized spacial score (nSPS) is 15.3. The van der Waals surface area contributed by atoms with Gasteiger partial charge in [0, 0.05) is 26.2 Å². The van der Waals surface area contributed by atoms with E-state index in [2.05, 4.69) is 5.32 Å². The van der Waals surface area contributed by atoms with Crippen LogP contribution in [0.5, 0.6) is 0 Å². The molecule has 0 saturated carbocycles. The van der Waals surface area contributed by atoms with Gasteiger partial charge in [0.05, 0.1) is 37.8 Å². The van der Waals surface area contributed by atoms with E-state index in [9.17, 15) is 18.0 Å². The van der Waals surface area contributed by atoms with Gasteiger partial charge in [0.1, 0.15) is 0 Å². The Labute approximate surface area is 184 Å². The van der Waals surface area contributed by atoms with E-state index in [1.165, 1.54) is 4.31 Å². The molecule has 0 atom stereocenters. The maximum Gasteiger partial charge on any atom is 0.320 e. The Balaban J connectivity index is 1.89. The van der Waals surface area contributed by atoms with Crippen molar-refractivity contribution in [1.82, 2.24) is 14.5 Å². The molecule has 10 heteroatoms. The van der Waals surface area contributed by atoms with Gasteiger partial charge in [-0.05, 0) is 30.5 Å². The summed E-state index contributed by atoms with van der Waals surface area (Å²) in [5.41, 5.74) is 0.787. The van der Waals surface area contributed by atoms with E-state index in [1.54, 1.807) is 36.1 Å². The van der Waals surface area contributed by atoms with Gasteiger partial charge in [-0.15, -0.1) is 0 Å². The Kier molecular flexibility index (Phi) is 9.89. The summed E-state index contributed by atoms with van der Waals surface area (Å²) < 4.78 is 36.9. The molecule has 0 unspecified atom stereocenters. The Morgan fingerprint density at radius 2 is 1.81 bits per heavy atom. The summed E-state index contributed by atoms with van der Waals surface area (Å²) in [4.78, 5) is 26.1. The first-order valence-corrected chi connectivity index (χ1v) is 12.0. The van der Waals surface area contributed by atoms with Crippen LogP contribution >= 0.6 is 0 Å². The second-order valence-corrected chi connectivity index (χ2v) is 9.74. The minimum absolute atomic E-state index is 0.0630. The summed E-state index contributed by atoms with van der Waals surface area (Å²) in [7, 11) is -3.54. The van der Waals surface area contributed by atoms with Crippen molar-refractivity contribution >= 4 is 21.9 Å². The van der Waals surface area contributed by atoms with Gasteiger partial charge in [-0.2, -0.15) is 4.31 Å². The Hall–Kier alpha value is -2.01. The van der Waals surface area contributed by atoms with Crippen molar-refractivity contribution in [3.8, 4) is 0 Å². The molecule has 31 heavy (non-hydrogen) atoms. The van der Waals surface area contributed by atoms with Crippen molar-refractivity contribution in [3.63, 3.8) is 0 Å². The van der Waals surface area contributed by atoms with Crippen LogP contribution in [0.2, 0.25) is 0 Å². The van der Waals surface area contributed by atoms with Crippen LogP contribution in [0.15, 0.2) is 29.2 Å². The van der Waals surface area contributed by atoms with Crippen molar-refractivity contribution < 1.29 is 27.5 Å². The molecule has 0 radical (unpaired) electrons. The Morgan fingerprint density at radius 3 is 2.39 bits per heavy atom. The topological polar surface area (TPSA) is 105 Å². The summed E-state index contributed by atoms with van der Waals surface area (Å²) in [5.74, 6) is -0.272. The van der Waals surface area contributed by atoms with E-state index in [-0.39, 0.29) is 36.4 Å². The van der Waals surface area contributed by atoms with Gasteiger partial charge in [0.15, 0.2) is 0 Å². The fourth-order valence-corrected chi connectivity index (χ4v) is 4.67. The summed E-state index contributed by atoms with van der Waals surface area (Å²) in [6.07, 6.45) is 0. The first kappa shape index (κ1) is 25.3. The van der Waals surface area contributed by atoms with Crippen LogP contribution < -0.4 is 5.32 Å². The third-order valence-corrected chi connectivity index (χ3v) is 6.58. The minimum atomic E-state index is -3.54. The summed E-state index contributed by atoms with van der Waals surface area (Å²) >= 11 is 0. The number of sulfonamides is 1. The maximum atomic E-state index is 12.7. The molecule has 0 bridgehead atoms. The molecule has 0 spiro atoms. The lowest BCUT2D eigenvalue weighted by atomic mass is 10.2. The number of amides is 1. The zero-order valence-electron chi connectivity index (χ0n) is 18.5. The number of hydrogen-bond donors (Lipinski definition) is 1. The monoisotopic (exact) mass is 455 g/mol. The highest BCUT2D eigenvalue weighted by Crippen LogP contribution is 2.17. The van der Waals surface area contributed by atoms with E-state index >= 15 is 0 Å². The standard InChI is InChI=1S/C21H33N3O6S/c1-4-30-21(26)16-23(14-17(2)3)15-20(25)22-13-18-5-7-19(8-6-18)31(27,28)24-9-11-29-12-10-24/h5-8,17H,4,9-16H2,1-3H3,(H,22,25). The molecule has 1 aromatic rings. The first-order valence-electron chi connectivity index (χ1n) is 10.5. The van der Waals surface area contributed by atoms with Crippen LogP contribution in [0.4, 0.5) is 0 Å². The number of hydrogen-bond acceptors (Lipinski definition) is 7. The lowest BCUT2D eigenvalue weighted by molar-refractivity contribution is -0.144. The number of esters is 1. The number of ether oxygens (including phenoxy) is 2. The number of benzene rings is 1. The van der Waals surface area contributed by atoms with E-state index < -0.39 is 10.0 Å². The molecular weight excluding hydrogens is 422 g/mol. The van der Waals surface area contributed by atoms with Crippen molar-refractivity contribution in [3.05, 3.63) is 29.8 Å². The molecule has 2 rings (SSSR count). The van der Waals surface area contributed by atoms with Crippen LogP contribution in [0.25, 0.3) is 0 Å². The highest BCUT2D eigenvalue weighted by Gasteiger charge is 2.26. The molecular formula is C21H33N3O6S. The second-order valence-electron chi connectivity index (χ2n) is 7.81. The molecule has 1 aliphatic heterocycles. The number of nitrogens with one attached hydrogen (secondary N) is 1. The molecule has 1 aromatic carbocycles. The van der Waals surface area contributed by atoms with Crippen LogP contribution in [0.1, 0.15) is 26.3 Å². The highest BCUT2D eigenvalue weighted by molar-refractivity contribution is 7.89. The number of nitrogens with zero attached hydrogens (tertiary/aromatic N) is 2. The SMILES string of the molecule is CCOC(=O)CN(CC(=O)NCc1ccc(S(=O)(=O)N2CCOCC2)cc1)CC(C)C. The summed E-state index contributed by atoms with van der Waals surface area (Å²) in [6.45, 7) is 8.58. The zero-order chi connectivity index (χ0) is 22.9. The van der Waals surface area contributed by atoms with Crippen LogP contribution in [0, 0.1) is 5.92 Å². The van der Waals surface area contributed by atoms with Gasteiger partial charge in [-0.3, -0.25) is 14.5 Å². The third kappa shape index (κ3) is 8.21. The number of carbonyl (C=O) groups excluding carboxylic acids is 2. The van der Waals surface area contributed by atoms with Crippen LogP contribution in [0.3, 0.4) is 0 Å². The molecule has 1 saturated heterocycles. The fourth-order valence-electron chi connectivity index (χ4n) is 3.27. The lowest BCUT2D eigenvalue weighted by Crippen LogP contribution is -2.41. The van der Waals surface area contributed by atoms with E-state index in [0.29, 0.717) is 45.4 Å². The van der Waals surface area contributed by atoms with E-state index in [4.69, 9.17) is 9.47 Å². The zero-order valence-corrected chi connectivity index (χ0v) is 19.3. The van der Waals surface area contributed by atoms with E-state index in [1.807, 2.05) is 13.8 Å². The highest BCUT2D eigenvalue weighted by atomic mass is 32.2. The van der Waals surface area contributed by atoms with Gasteiger partial charge in [0.2, 0.25) is 15.9 Å². The van der Waals surface area contributed by atoms with Crippen molar-refractivity contribution in [2.75, 3.05) is 52.5 Å². The van der Waals surface area contributed by atoms with E-state index in [0.717, 1.165) is 5.56 Å². The molecule has 1 amide bonds. The van der Waals surface area contributed by atoms with Crippen LogP contribution in [-0.4, -0.2) is 82.0 Å². The van der Waals surface area contributed by atoms with Crippen molar-refractivity contribution in [2.45, 2.75) is 32.2 Å². The molecule has 1 N–H and O–H groups in total. The summed E-state index contributed by atoms with van der Waals surface area (Å²) in [6, 6.07) is 6.49. The first-order chi connectivity index (χ1) is 14.7. The smallest absolute Gasteiger partial charge is 0.320 e. The maximum absolute atomic E-state index is 12.7. The molecule has 1 aliphatic rings. The van der Waals surface area contributed by atoms with Gasteiger partial charge in [0.25, 0.3) is 0 Å². The van der Waals surface area contributed by atoms with Gasteiger partial charge in [-0.25, -0.2) is 8.42 Å². The molecule has 1 heterocycles. The van der Waals surface area contributed by atoms with Crippen LogP contribution in [-0.2, 0) is 35.6 Å². The molecule has 9 nitrogen and oxygen atoms in total.